The number of allylic oxidation sites excluding steroid dienone is 2. The molecule has 2 heterocycles. The zero-order chi connectivity index (χ0) is 29.7. The molecular weight excluding hydrogens is 508 g/mol. The van der Waals surface area contributed by atoms with Crippen LogP contribution in [0.1, 0.15) is 65.5 Å². The molecule has 4 amide bonds. The second kappa shape index (κ2) is 9.77. The largest absolute Gasteiger partial charge is 0.443 e. The van der Waals surface area contributed by atoms with E-state index in [2.05, 4.69) is 13.2 Å². The number of carbonyl (C=O) groups is 4. The summed E-state index contributed by atoms with van der Waals surface area (Å²) in [6.07, 6.45) is 1.41. The Kier molecular flexibility index (Phi) is 7.03. The minimum absolute atomic E-state index is 0.00177. The number of amides is 4. The Hall–Kier alpha value is -4.20. The van der Waals surface area contributed by atoms with Crippen LogP contribution >= 0.6 is 0 Å². The predicted octanol–water partition coefficient (Wildman–Crippen LogP) is 6.58. The van der Waals surface area contributed by atoms with E-state index in [4.69, 9.17) is 9.47 Å². The number of imide groups is 2. The Morgan fingerprint density at radius 1 is 0.700 bits per heavy atom. The first kappa shape index (κ1) is 28.8. The monoisotopic (exact) mass is 544 g/mol. The number of carbonyl (C=O) groups excluding carboxylic acids is 4. The first-order valence-corrected chi connectivity index (χ1v) is 13.2. The van der Waals surface area contributed by atoms with Crippen molar-refractivity contribution in [2.45, 2.75) is 76.4 Å². The Morgan fingerprint density at radius 3 is 1.32 bits per heavy atom. The van der Waals surface area contributed by atoms with E-state index in [0.717, 1.165) is 9.80 Å². The summed E-state index contributed by atoms with van der Waals surface area (Å²) in [4.78, 5) is 58.6. The van der Waals surface area contributed by atoms with Crippen LogP contribution in [0.4, 0.5) is 21.0 Å². The number of rotatable bonds is 5. The molecular formula is C32H36N2O6. The van der Waals surface area contributed by atoms with Crippen LogP contribution in [0.25, 0.3) is 0 Å². The molecule has 0 N–H and O–H groups in total. The minimum atomic E-state index is -1.65. The standard InChI is InChI=1S/C32H36N2O6/c1-9-19-31(21-15-11-13-17-23(21)33(25(31)35)27(37)39-29(3,4)5)32(20-10-2)22-16-12-14-18-24(22)34(26(32)36)28(38)40-30(6,7)8/h9-18H,1-2,19-20H2,3-8H3. The van der Waals surface area contributed by atoms with Crippen molar-refractivity contribution in [1.29, 1.82) is 0 Å². The van der Waals surface area contributed by atoms with E-state index in [1.165, 1.54) is 0 Å². The van der Waals surface area contributed by atoms with Gasteiger partial charge in [0, 0.05) is 0 Å². The van der Waals surface area contributed by atoms with Crippen molar-refractivity contribution < 1.29 is 28.7 Å². The molecule has 40 heavy (non-hydrogen) atoms. The molecule has 2 aliphatic heterocycles. The number of anilines is 2. The lowest BCUT2D eigenvalue weighted by Crippen LogP contribution is -2.61. The molecule has 2 atom stereocenters. The average molecular weight is 545 g/mol. The summed E-state index contributed by atoms with van der Waals surface area (Å²) in [5.74, 6) is -1.28. The topological polar surface area (TPSA) is 93.2 Å². The second-order valence-electron chi connectivity index (χ2n) is 12.1. The summed E-state index contributed by atoms with van der Waals surface area (Å²) in [7, 11) is 0. The van der Waals surface area contributed by atoms with Gasteiger partial charge in [-0.1, -0.05) is 48.6 Å². The molecule has 2 unspecified atom stereocenters. The Balaban J connectivity index is 2.06. The highest BCUT2D eigenvalue weighted by molar-refractivity contribution is 6.29. The fraction of sp³-hybridized carbons (Fsp3) is 0.375. The molecule has 2 aromatic carbocycles. The first-order chi connectivity index (χ1) is 18.7. The van der Waals surface area contributed by atoms with Gasteiger partial charge in [0.05, 0.1) is 22.2 Å². The zero-order valence-electron chi connectivity index (χ0n) is 23.9. The van der Waals surface area contributed by atoms with Gasteiger partial charge in [0.25, 0.3) is 0 Å². The molecule has 0 spiro atoms. The van der Waals surface area contributed by atoms with E-state index in [0.29, 0.717) is 22.5 Å². The maximum atomic E-state index is 14.8. The van der Waals surface area contributed by atoms with Gasteiger partial charge in [0.1, 0.15) is 11.2 Å². The quantitative estimate of drug-likeness (QED) is 0.395. The fourth-order valence-corrected chi connectivity index (χ4v) is 5.87. The normalized spacial score (nSPS) is 22.1. The molecule has 0 radical (unpaired) electrons. The predicted molar refractivity (Wildman–Crippen MR) is 153 cm³/mol. The lowest BCUT2D eigenvalue weighted by atomic mass is 9.54. The van der Waals surface area contributed by atoms with Crippen molar-refractivity contribution in [1.82, 2.24) is 0 Å². The van der Waals surface area contributed by atoms with Gasteiger partial charge in [-0.3, -0.25) is 9.59 Å². The molecule has 0 aromatic heterocycles. The number of hydrogen-bond donors (Lipinski definition) is 0. The van der Waals surface area contributed by atoms with Gasteiger partial charge in [-0.2, -0.15) is 0 Å². The first-order valence-electron chi connectivity index (χ1n) is 13.2. The van der Waals surface area contributed by atoms with Gasteiger partial charge >= 0.3 is 12.2 Å². The molecule has 4 rings (SSSR count). The Bertz CT molecular complexity index is 1310. The fourth-order valence-electron chi connectivity index (χ4n) is 5.87. The number of ether oxygens (including phenoxy) is 2. The van der Waals surface area contributed by atoms with Crippen LogP contribution in [0.2, 0.25) is 0 Å². The molecule has 8 heteroatoms. The molecule has 0 aliphatic carbocycles. The van der Waals surface area contributed by atoms with E-state index in [1.54, 1.807) is 102 Å². The van der Waals surface area contributed by atoms with Gasteiger partial charge in [-0.25, -0.2) is 19.4 Å². The molecule has 210 valence electrons. The second-order valence-corrected chi connectivity index (χ2v) is 12.1. The van der Waals surface area contributed by atoms with Crippen LogP contribution < -0.4 is 9.80 Å². The number of benzene rings is 2. The van der Waals surface area contributed by atoms with E-state index in [-0.39, 0.29) is 12.8 Å². The van der Waals surface area contributed by atoms with Crippen LogP contribution in [-0.2, 0) is 29.9 Å². The van der Waals surface area contributed by atoms with E-state index in [9.17, 15) is 19.2 Å². The highest BCUT2D eigenvalue weighted by atomic mass is 16.6. The average Bonchev–Trinajstić information content (AvgIpc) is 3.24. The highest BCUT2D eigenvalue weighted by Crippen LogP contribution is 2.61. The number of para-hydroxylation sites is 2. The molecule has 0 fully saturated rings. The molecule has 8 nitrogen and oxygen atoms in total. The van der Waals surface area contributed by atoms with Crippen molar-refractivity contribution in [3.63, 3.8) is 0 Å². The lowest BCUT2D eigenvalue weighted by molar-refractivity contribution is -0.134. The van der Waals surface area contributed by atoms with Crippen molar-refractivity contribution in [2.24, 2.45) is 0 Å². The number of nitrogens with zero attached hydrogens (tertiary/aromatic N) is 2. The van der Waals surface area contributed by atoms with Gasteiger partial charge < -0.3 is 9.47 Å². The summed E-state index contributed by atoms with van der Waals surface area (Å²) in [5, 5.41) is 0. The summed E-state index contributed by atoms with van der Waals surface area (Å²) in [6.45, 7) is 18.1. The molecule has 2 aliphatic rings. The maximum Gasteiger partial charge on any atom is 0.421 e. The SMILES string of the molecule is C=CCC1(C2(CC=C)C(=O)N(C(=O)OC(C)(C)C)c3ccccc32)C(=O)N(C(=O)OC(C)(C)C)c2ccccc21. The van der Waals surface area contributed by atoms with E-state index in [1.807, 2.05) is 0 Å². The summed E-state index contributed by atoms with van der Waals surface area (Å²) in [6, 6.07) is 13.7. The third-order valence-electron chi connectivity index (χ3n) is 7.13. The van der Waals surface area contributed by atoms with Crippen molar-refractivity contribution in [3.8, 4) is 0 Å². The Labute approximate surface area is 235 Å². The third kappa shape index (κ3) is 4.22. The van der Waals surface area contributed by atoms with Gasteiger partial charge in [0.15, 0.2) is 0 Å². The van der Waals surface area contributed by atoms with Gasteiger partial charge in [-0.05, 0) is 77.6 Å². The van der Waals surface area contributed by atoms with Crippen LogP contribution in [0, 0.1) is 0 Å². The van der Waals surface area contributed by atoms with Crippen molar-refractivity contribution >= 4 is 35.4 Å². The van der Waals surface area contributed by atoms with Crippen LogP contribution in [0.5, 0.6) is 0 Å². The van der Waals surface area contributed by atoms with Crippen molar-refractivity contribution in [2.75, 3.05) is 9.80 Å². The Morgan fingerprint density at radius 2 is 1.02 bits per heavy atom. The summed E-state index contributed by atoms with van der Waals surface area (Å²) in [5.41, 5.74) is -3.51. The van der Waals surface area contributed by atoms with Crippen LogP contribution in [0.3, 0.4) is 0 Å². The van der Waals surface area contributed by atoms with Gasteiger partial charge in [0.2, 0.25) is 11.8 Å². The molecule has 0 bridgehead atoms. The van der Waals surface area contributed by atoms with E-state index < -0.39 is 46.0 Å². The van der Waals surface area contributed by atoms with Crippen molar-refractivity contribution in [3.05, 3.63) is 85.0 Å². The third-order valence-corrected chi connectivity index (χ3v) is 7.13. The zero-order valence-corrected chi connectivity index (χ0v) is 23.9. The van der Waals surface area contributed by atoms with Gasteiger partial charge in [-0.15, -0.1) is 13.2 Å². The molecule has 0 saturated heterocycles. The number of hydrogen-bond acceptors (Lipinski definition) is 6. The summed E-state index contributed by atoms with van der Waals surface area (Å²) >= 11 is 0. The number of fused-ring (bicyclic) bond motifs is 2. The molecule has 2 aromatic rings. The van der Waals surface area contributed by atoms with Crippen LogP contribution in [0.15, 0.2) is 73.8 Å². The molecule has 0 saturated carbocycles. The summed E-state index contributed by atoms with van der Waals surface area (Å²) < 4.78 is 11.3. The highest BCUT2D eigenvalue weighted by Gasteiger charge is 2.71. The maximum absolute atomic E-state index is 14.8. The minimum Gasteiger partial charge on any atom is -0.443 e. The smallest absolute Gasteiger partial charge is 0.421 e. The lowest BCUT2D eigenvalue weighted by Gasteiger charge is -2.43. The van der Waals surface area contributed by atoms with E-state index >= 15 is 0 Å². The van der Waals surface area contributed by atoms with Crippen LogP contribution in [-0.4, -0.2) is 35.2 Å².